The molecule has 0 radical (unpaired) electrons. The fraction of sp³-hybridized carbons (Fsp3) is 0.560. The van der Waals surface area contributed by atoms with Gasteiger partial charge in [-0.15, -0.1) is 0 Å². The molecule has 10 nitrogen and oxygen atoms in total. The van der Waals surface area contributed by atoms with Crippen LogP contribution in [0.4, 0.5) is 4.79 Å². The van der Waals surface area contributed by atoms with Crippen molar-refractivity contribution in [3.63, 3.8) is 0 Å². The third-order valence-electron chi connectivity index (χ3n) is 6.04. The first kappa shape index (κ1) is 25.0. The maximum Gasteiger partial charge on any atom is 0.509 e. The summed E-state index contributed by atoms with van der Waals surface area (Å²) >= 11 is 0. The van der Waals surface area contributed by atoms with E-state index in [1.807, 2.05) is 35.4 Å². The molecule has 2 aliphatic rings. The number of imidazole rings is 1. The molecule has 1 fully saturated rings. The smallest absolute Gasteiger partial charge is 0.497 e. The van der Waals surface area contributed by atoms with Gasteiger partial charge < -0.3 is 28.8 Å². The lowest BCUT2D eigenvalue weighted by atomic mass is 10.0. The van der Waals surface area contributed by atoms with Crippen molar-refractivity contribution in [2.45, 2.75) is 64.1 Å². The Balaban J connectivity index is 1.42. The van der Waals surface area contributed by atoms with Gasteiger partial charge in [-0.1, -0.05) is 12.1 Å². The van der Waals surface area contributed by atoms with E-state index in [1.165, 1.54) is 0 Å². The number of esters is 1. The number of rotatable bonds is 7. The van der Waals surface area contributed by atoms with E-state index in [0.29, 0.717) is 19.5 Å². The Hall–Kier alpha value is -3.11. The molecule has 1 saturated heterocycles. The van der Waals surface area contributed by atoms with Crippen LogP contribution in [-0.2, 0) is 38.5 Å². The molecular formula is C25H34N4O6. The van der Waals surface area contributed by atoms with Crippen LogP contribution in [0.2, 0.25) is 0 Å². The van der Waals surface area contributed by atoms with Gasteiger partial charge in [0.25, 0.3) is 0 Å². The number of hydrogen-bond donors (Lipinski definition) is 1. The molecule has 0 aliphatic carbocycles. The van der Waals surface area contributed by atoms with Crippen LogP contribution in [0.25, 0.3) is 0 Å². The van der Waals surface area contributed by atoms with E-state index in [0.717, 1.165) is 30.2 Å². The molecule has 35 heavy (non-hydrogen) atoms. The largest absolute Gasteiger partial charge is 0.509 e. The average Bonchev–Trinajstić information content (AvgIpc) is 3.40. The third-order valence-corrected chi connectivity index (χ3v) is 6.04. The molecule has 1 aromatic carbocycles. The summed E-state index contributed by atoms with van der Waals surface area (Å²) in [5.41, 5.74) is 0.364. The maximum atomic E-state index is 13.0. The predicted molar refractivity (Wildman–Crippen MR) is 127 cm³/mol. The van der Waals surface area contributed by atoms with Gasteiger partial charge in [0.05, 0.1) is 26.2 Å². The Morgan fingerprint density at radius 1 is 1.14 bits per heavy atom. The summed E-state index contributed by atoms with van der Waals surface area (Å²) < 4.78 is 24.1. The third kappa shape index (κ3) is 6.73. The highest BCUT2D eigenvalue weighted by Crippen LogP contribution is 2.23. The minimum atomic E-state index is -0.779. The summed E-state index contributed by atoms with van der Waals surface area (Å²) in [6.07, 6.45) is 2.22. The van der Waals surface area contributed by atoms with Crippen LogP contribution in [0.1, 0.15) is 32.2 Å². The Labute approximate surface area is 205 Å². The molecule has 3 atom stereocenters. The molecule has 4 rings (SSSR count). The topological polar surface area (TPSA) is 104 Å². The Bertz CT molecular complexity index is 1020. The van der Waals surface area contributed by atoms with Gasteiger partial charge in [0.15, 0.2) is 12.2 Å². The van der Waals surface area contributed by atoms with Crippen molar-refractivity contribution >= 4 is 12.1 Å². The van der Waals surface area contributed by atoms with E-state index in [9.17, 15) is 9.59 Å². The molecule has 0 spiro atoms. The van der Waals surface area contributed by atoms with Crippen LogP contribution in [0.5, 0.6) is 5.75 Å². The van der Waals surface area contributed by atoms with E-state index in [-0.39, 0.29) is 18.6 Å². The van der Waals surface area contributed by atoms with Gasteiger partial charge in [-0.3, -0.25) is 9.69 Å². The molecule has 0 amide bonds. The predicted octanol–water partition coefficient (Wildman–Crippen LogP) is 2.15. The van der Waals surface area contributed by atoms with Crippen molar-refractivity contribution in [1.82, 2.24) is 19.8 Å². The van der Waals surface area contributed by atoms with Crippen molar-refractivity contribution < 1.29 is 28.5 Å². The lowest BCUT2D eigenvalue weighted by Gasteiger charge is -2.29. The zero-order chi connectivity index (χ0) is 25.0. The molecule has 1 aromatic heterocycles. The number of hydrogen-bond acceptors (Lipinski definition) is 9. The highest BCUT2D eigenvalue weighted by molar-refractivity contribution is 5.72. The standard InChI is InChI=1S/C25H34N4O6/c1-25(2,3)35-24(31)33-20-14-27-19(13-17-5-7-18(32-4)8-6-17)23(20)34-22(30)16-28-11-12-29-10-9-26-21(29)15-28/h5-10,19-20,23,27H,11-16H2,1-4H3/t19-,20+,23+/m1/s1. The highest BCUT2D eigenvalue weighted by Gasteiger charge is 2.42. The van der Waals surface area contributed by atoms with Crippen LogP contribution in [-0.4, -0.2) is 77.2 Å². The van der Waals surface area contributed by atoms with E-state index < -0.39 is 24.0 Å². The van der Waals surface area contributed by atoms with Crippen molar-refractivity contribution in [1.29, 1.82) is 0 Å². The van der Waals surface area contributed by atoms with Gasteiger partial charge >= 0.3 is 12.1 Å². The molecule has 0 unspecified atom stereocenters. The van der Waals surface area contributed by atoms with Gasteiger partial charge in [0.2, 0.25) is 0 Å². The monoisotopic (exact) mass is 486 g/mol. The average molecular weight is 487 g/mol. The van der Waals surface area contributed by atoms with E-state index in [1.54, 1.807) is 34.1 Å². The normalized spacial score (nSPS) is 22.3. The number of carbonyl (C=O) groups excluding carboxylic acids is 2. The van der Waals surface area contributed by atoms with Gasteiger partial charge in [-0.2, -0.15) is 0 Å². The molecule has 1 N–H and O–H groups in total. The van der Waals surface area contributed by atoms with Crippen LogP contribution in [0.3, 0.4) is 0 Å². The summed E-state index contributed by atoms with van der Waals surface area (Å²) in [7, 11) is 1.62. The number of nitrogens with zero attached hydrogens (tertiary/aromatic N) is 3. The number of methoxy groups -OCH3 is 1. The van der Waals surface area contributed by atoms with Gasteiger partial charge in [-0.25, -0.2) is 9.78 Å². The molecule has 2 aromatic rings. The summed E-state index contributed by atoms with van der Waals surface area (Å²) in [5.74, 6) is 1.33. The van der Waals surface area contributed by atoms with Crippen LogP contribution < -0.4 is 10.1 Å². The van der Waals surface area contributed by atoms with Crippen molar-refractivity contribution in [2.75, 3.05) is 26.7 Å². The van der Waals surface area contributed by atoms with Gasteiger partial charge in [0, 0.05) is 32.0 Å². The van der Waals surface area contributed by atoms with E-state index in [2.05, 4.69) is 14.9 Å². The minimum Gasteiger partial charge on any atom is -0.497 e. The maximum absolute atomic E-state index is 13.0. The second-order valence-electron chi connectivity index (χ2n) is 9.89. The number of benzene rings is 1. The Kier molecular flexibility index (Phi) is 7.61. The molecule has 190 valence electrons. The fourth-order valence-electron chi connectivity index (χ4n) is 4.36. The highest BCUT2D eigenvalue weighted by atomic mass is 16.7. The Morgan fingerprint density at radius 3 is 2.63 bits per heavy atom. The van der Waals surface area contributed by atoms with Crippen LogP contribution in [0, 0.1) is 0 Å². The first-order valence-electron chi connectivity index (χ1n) is 11.9. The van der Waals surface area contributed by atoms with Gasteiger partial charge in [-0.05, 0) is 44.9 Å². The fourth-order valence-corrected chi connectivity index (χ4v) is 4.36. The molecule has 10 heteroatoms. The number of carbonyl (C=O) groups is 2. The van der Waals surface area contributed by atoms with Crippen LogP contribution >= 0.6 is 0 Å². The Morgan fingerprint density at radius 2 is 1.91 bits per heavy atom. The number of ether oxygens (including phenoxy) is 4. The number of aromatic nitrogens is 2. The first-order valence-corrected chi connectivity index (χ1v) is 11.9. The van der Waals surface area contributed by atoms with E-state index in [4.69, 9.17) is 18.9 Å². The lowest BCUT2D eigenvalue weighted by Crippen LogP contribution is -2.44. The molecular weight excluding hydrogens is 452 g/mol. The zero-order valence-electron chi connectivity index (χ0n) is 20.7. The summed E-state index contributed by atoms with van der Waals surface area (Å²) in [5, 5.41) is 3.35. The molecule has 0 bridgehead atoms. The first-order chi connectivity index (χ1) is 16.7. The van der Waals surface area contributed by atoms with Crippen molar-refractivity contribution in [3.8, 4) is 5.75 Å². The van der Waals surface area contributed by atoms with Crippen molar-refractivity contribution in [3.05, 3.63) is 48.0 Å². The van der Waals surface area contributed by atoms with Gasteiger partial charge in [0.1, 0.15) is 17.2 Å². The number of fused-ring (bicyclic) bond motifs is 1. The van der Waals surface area contributed by atoms with Crippen LogP contribution in [0.15, 0.2) is 36.7 Å². The van der Waals surface area contributed by atoms with Crippen molar-refractivity contribution in [2.24, 2.45) is 0 Å². The quantitative estimate of drug-likeness (QED) is 0.590. The summed E-state index contributed by atoms with van der Waals surface area (Å²) in [6.45, 7) is 7.90. The zero-order valence-corrected chi connectivity index (χ0v) is 20.7. The number of nitrogens with one attached hydrogen (secondary N) is 1. The molecule has 0 saturated carbocycles. The summed E-state index contributed by atoms with van der Waals surface area (Å²) in [4.78, 5) is 31.6. The SMILES string of the molecule is COc1ccc(C[C@H]2NC[C@H](OC(=O)OC(C)(C)C)[C@H]2OC(=O)CN2CCn3ccnc3C2)cc1. The second kappa shape index (κ2) is 10.7. The molecule has 3 heterocycles. The second-order valence-corrected chi connectivity index (χ2v) is 9.89. The summed E-state index contributed by atoms with van der Waals surface area (Å²) in [6, 6.07) is 7.50. The van der Waals surface area contributed by atoms with E-state index >= 15 is 0 Å². The minimum absolute atomic E-state index is 0.137. The molecule has 2 aliphatic heterocycles. The lowest BCUT2D eigenvalue weighted by molar-refractivity contribution is -0.157.